The fourth-order valence-electron chi connectivity index (χ4n) is 2.27. The molecule has 0 saturated heterocycles. The van der Waals surface area contributed by atoms with Gasteiger partial charge in [-0.3, -0.25) is 0 Å². The standard InChI is InChI=1S/C14H10F2N4O2/c1-20-7-18-9-6-17-13(5-10(9)20)19-8-2-3-11-12(4-8)22-14(15,16)21-11/h2-7H,1H3,(H,17,19). The summed E-state index contributed by atoms with van der Waals surface area (Å²) in [7, 11) is 1.88. The number of anilines is 2. The second-order valence-electron chi connectivity index (χ2n) is 4.87. The van der Waals surface area contributed by atoms with Gasteiger partial charge in [0.05, 0.1) is 18.0 Å². The Labute approximate surface area is 123 Å². The third-order valence-electron chi connectivity index (χ3n) is 3.29. The summed E-state index contributed by atoms with van der Waals surface area (Å²) in [4.78, 5) is 8.41. The van der Waals surface area contributed by atoms with Gasteiger partial charge >= 0.3 is 6.29 Å². The van der Waals surface area contributed by atoms with Crippen LogP contribution in [0.5, 0.6) is 11.5 Å². The van der Waals surface area contributed by atoms with E-state index in [-0.39, 0.29) is 11.5 Å². The molecule has 4 rings (SSSR count). The Balaban J connectivity index is 1.64. The third kappa shape index (κ3) is 2.09. The molecule has 0 unspecified atom stereocenters. The first-order valence-corrected chi connectivity index (χ1v) is 6.44. The predicted octanol–water partition coefficient (Wildman–Crippen LogP) is 3.03. The van der Waals surface area contributed by atoms with Gasteiger partial charge in [0.2, 0.25) is 0 Å². The summed E-state index contributed by atoms with van der Waals surface area (Å²) in [6, 6.07) is 6.28. The topological polar surface area (TPSA) is 61.2 Å². The van der Waals surface area contributed by atoms with E-state index in [1.54, 1.807) is 18.6 Å². The monoisotopic (exact) mass is 304 g/mol. The van der Waals surface area contributed by atoms with Gasteiger partial charge in [-0.15, -0.1) is 8.78 Å². The van der Waals surface area contributed by atoms with E-state index in [2.05, 4.69) is 24.8 Å². The van der Waals surface area contributed by atoms with Crippen molar-refractivity contribution in [1.29, 1.82) is 0 Å². The Morgan fingerprint density at radius 1 is 1.14 bits per heavy atom. The first-order chi connectivity index (χ1) is 10.5. The Hall–Kier alpha value is -2.90. The van der Waals surface area contributed by atoms with E-state index in [1.807, 2.05) is 17.7 Å². The van der Waals surface area contributed by atoms with Gasteiger partial charge < -0.3 is 19.4 Å². The molecule has 1 aliphatic rings. The van der Waals surface area contributed by atoms with E-state index in [1.165, 1.54) is 12.1 Å². The highest BCUT2D eigenvalue weighted by atomic mass is 19.3. The van der Waals surface area contributed by atoms with Gasteiger partial charge in [0, 0.05) is 24.9 Å². The van der Waals surface area contributed by atoms with Gasteiger partial charge in [0.1, 0.15) is 11.3 Å². The molecule has 112 valence electrons. The Kier molecular flexibility index (Phi) is 2.50. The normalized spacial score (nSPS) is 15.2. The summed E-state index contributed by atoms with van der Waals surface area (Å²) >= 11 is 0. The minimum absolute atomic E-state index is 0.00518. The summed E-state index contributed by atoms with van der Waals surface area (Å²) in [5.41, 5.74) is 2.25. The molecule has 1 aromatic carbocycles. The number of aromatic nitrogens is 3. The summed E-state index contributed by atoms with van der Waals surface area (Å²) in [5.74, 6) is 0.559. The lowest BCUT2D eigenvalue weighted by Crippen LogP contribution is -2.25. The average molecular weight is 304 g/mol. The van der Waals surface area contributed by atoms with Crippen LogP contribution in [0.4, 0.5) is 20.3 Å². The number of rotatable bonds is 2. The van der Waals surface area contributed by atoms with Crippen LogP contribution in [0.25, 0.3) is 11.0 Å². The maximum Gasteiger partial charge on any atom is 0.586 e. The van der Waals surface area contributed by atoms with Crippen molar-refractivity contribution in [3.05, 3.63) is 36.8 Å². The van der Waals surface area contributed by atoms with Crippen LogP contribution in [0.2, 0.25) is 0 Å². The van der Waals surface area contributed by atoms with Gasteiger partial charge in [0.25, 0.3) is 0 Å². The fraction of sp³-hybridized carbons (Fsp3) is 0.143. The lowest BCUT2D eigenvalue weighted by atomic mass is 10.2. The molecule has 3 aromatic rings. The third-order valence-corrected chi connectivity index (χ3v) is 3.29. The van der Waals surface area contributed by atoms with Crippen molar-refractivity contribution in [3.63, 3.8) is 0 Å². The number of halogens is 2. The summed E-state index contributed by atoms with van der Waals surface area (Å²) in [6.45, 7) is 0. The van der Waals surface area contributed by atoms with Crippen molar-refractivity contribution in [2.75, 3.05) is 5.32 Å². The number of pyridine rings is 1. The van der Waals surface area contributed by atoms with E-state index < -0.39 is 6.29 Å². The highest BCUT2D eigenvalue weighted by molar-refractivity contribution is 5.78. The molecule has 0 fully saturated rings. The zero-order valence-corrected chi connectivity index (χ0v) is 11.4. The molecule has 8 heteroatoms. The number of aryl methyl sites for hydroxylation is 1. The van der Waals surface area contributed by atoms with Crippen LogP contribution in [0, 0.1) is 0 Å². The highest BCUT2D eigenvalue weighted by Crippen LogP contribution is 2.42. The lowest BCUT2D eigenvalue weighted by Gasteiger charge is -2.06. The number of hydrogen-bond acceptors (Lipinski definition) is 5. The highest BCUT2D eigenvalue weighted by Gasteiger charge is 2.43. The van der Waals surface area contributed by atoms with Gasteiger partial charge in [-0.2, -0.15) is 0 Å². The van der Waals surface area contributed by atoms with Gasteiger partial charge in [-0.25, -0.2) is 9.97 Å². The number of benzene rings is 1. The first kappa shape index (κ1) is 12.8. The molecule has 0 atom stereocenters. The van der Waals surface area contributed by atoms with Crippen LogP contribution in [-0.4, -0.2) is 20.8 Å². The number of imidazole rings is 1. The van der Waals surface area contributed by atoms with Gasteiger partial charge in [-0.05, 0) is 12.1 Å². The molecular formula is C14H10F2N4O2. The predicted molar refractivity (Wildman–Crippen MR) is 74.4 cm³/mol. The van der Waals surface area contributed by atoms with Crippen LogP contribution in [-0.2, 0) is 7.05 Å². The molecule has 1 N–H and O–H groups in total. The largest absolute Gasteiger partial charge is 0.586 e. The molecule has 1 aliphatic heterocycles. The Morgan fingerprint density at radius 3 is 2.82 bits per heavy atom. The van der Waals surface area contributed by atoms with Crippen molar-refractivity contribution in [3.8, 4) is 11.5 Å². The zero-order valence-electron chi connectivity index (χ0n) is 11.4. The van der Waals surface area contributed by atoms with E-state index in [0.29, 0.717) is 11.5 Å². The minimum Gasteiger partial charge on any atom is -0.395 e. The molecule has 6 nitrogen and oxygen atoms in total. The number of ether oxygens (including phenoxy) is 2. The van der Waals surface area contributed by atoms with Crippen LogP contribution in [0.3, 0.4) is 0 Å². The average Bonchev–Trinajstić information content (AvgIpc) is 2.97. The quantitative estimate of drug-likeness (QED) is 0.788. The van der Waals surface area contributed by atoms with Crippen LogP contribution < -0.4 is 14.8 Å². The maximum absolute atomic E-state index is 13.0. The number of hydrogen-bond donors (Lipinski definition) is 1. The summed E-state index contributed by atoms with van der Waals surface area (Å²) in [5, 5.41) is 3.04. The SMILES string of the molecule is Cn1cnc2cnc(Nc3ccc4c(c3)OC(F)(F)O4)cc21. The van der Waals surface area contributed by atoms with Crippen molar-refractivity contribution in [2.45, 2.75) is 6.29 Å². The molecule has 0 bridgehead atoms. The minimum atomic E-state index is -3.62. The number of alkyl halides is 2. The summed E-state index contributed by atoms with van der Waals surface area (Å²) < 4.78 is 36.6. The molecule has 3 heterocycles. The van der Waals surface area contributed by atoms with Crippen LogP contribution in [0.15, 0.2) is 36.8 Å². The van der Waals surface area contributed by atoms with E-state index in [0.717, 1.165) is 11.0 Å². The number of nitrogens with zero attached hydrogens (tertiary/aromatic N) is 3. The molecule has 0 amide bonds. The zero-order chi connectivity index (χ0) is 15.3. The molecule has 2 aromatic heterocycles. The molecule has 0 radical (unpaired) electrons. The van der Waals surface area contributed by atoms with E-state index >= 15 is 0 Å². The second-order valence-corrected chi connectivity index (χ2v) is 4.87. The lowest BCUT2D eigenvalue weighted by molar-refractivity contribution is -0.286. The van der Waals surface area contributed by atoms with Crippen LogP contribution in [0.1, 0.15) is 0 Å². The van der Waals surface area contributed by atoms with Crippen molar-refractivity contribution in [1.82, 2.24) is 14.5 Å². The first-order valence-electron chi connectivity index (χ1n) is 6.44. The van der Waals surface area contributed by atoms with Crippen LogP contribution >= 0.6 is 0 Å². The summed E-state index contributed by atoms with van der Waals surface area (Å²) in [6.07, 6.45) is -0.287. The Bertz CT molecular complexity index is 878. The van der Waals surface area contributed by atoms with Crippen molar-refractivity contribution in [2.24, 2.45) is 7.05 Å². The number of fused-ring (bicyclic) bond motifs is 2. The molecular weight excluding hydrogens is 294 g/mol. The van der Waals surface area contributed by atoms with E-state index in [9.17, 15) is 8.78 Å². The van der Waals surface area contributed by atoms with Gasteiger partial charge in [0.15, 0.2) is 11.5 Å². The number of nitrogens with one attached hydrogen (secondary N) is 1. The molecule has 0 aliphatic carbocycles. The van der Waals surface area contributed by atoms with Crippen molar-refractivity contribution < 1.29 is 18.3 Å². The van der Waals surface area contributed by atoms with E-state index in [4.69, 9.17) is 0 Å². The van der Waals surface area contributed by atoms with Crippen molar-refractivity contribution >= 4 is 22.5 Å². The molecule has 0 saturated carbocycles. The molecule has 22 heavy (non-hydrogen) atoms. The Morgan fingerprint density at radius 2 is 1.95 bits per heavy atom. The smallest absolute Gasteiger partial charge is 0.395 e. The maximum atomic E-state index is 13.0. The second kappa shape index (κ2) is 4.30. The molecule has 0 spiro atoms. The van der Waals surface area contributed by atoms with Gasteiger partial charge in [-0.1, -0.05) is 0 Å². The fourth-order valence-corrected chi connectivity index (χ4v) is 2.27.